The van der Waals surface area contributed by atoms with Gasteiger partial charge in [0, 0.05) is 24.7 Å². The van der Waals surface area contributed by atoms with Crippen LogP contribution in [0.3, 0.4) is 0 Å². The molecule has 2 N–H and O–H groups in total. The highest BCUT2D eigenvalue weighted by Gasteiger charge is 2.36. The van der Waals surface area contributed by atoms with Crippen molar-refractivity contribution in [3.05, 3.63) is 89.0 Å². The van der Waals surface area contributed by atoms with E-state index in [4.69, 9.17) is 0 Å². The Kier molecular flexibility index (Phi) is 8.87. The van der Waals surface area contributed by atoms with Crippen molar-refractivity contribution in [2.75, 3.05) is 25.1 Å². The van der Waals surface area contributed by atoms with Crippen molar-refractivity contribution in [1.29, 1.82) is 0 Å². The summed E-state index contributed by atoms with van der Waals surface area (Å²) in [6, 6.07) is 19.1. The van der Waals surface area contributed by atoms with Crippen molar-refractivity contribution in [3.63, 3.8) is 0 Å². The first-order valence-corrected chi connectivity index (χ1v) is 15.8. The zero-order valence-corrected chi connectivity index (χ0v) is 24.5. The summed E-state index contributed by atoms with van der Waals surface area (Å²) in [5, 5.41) is 4.23. The number of nitrogens with zero attached hydrogens (tertiary/aromatic N) is 2. The van der Waals surface area contributed by atoms with Gasteiger partial charge in [0.15, 0.2) is 0 Å². The molecule has 0 spiro atoms. The summed E-state index contributed by atoms with van der Waals surface area (Å²) in [5.74, 6) is -0.808. The maximum absolute atomic E-state index is 13.8. The van der Waals surface area contributed by atoms with Gasteiger partial charge in [-0.15, -0.1) is 0 Å². The minimum atomic E-state index is -4.02. The molecule has 9 heteroatoms. The lowest BCUT2D eigenvalue weighted by atomic mass is 9.94. The van der Waals surface area contributed by atoms with Crippen LogP contribution in [0, 0.1) is 6.92 Å². The van der Waals surface area contributed by atoms with Crippen LogP contribution in [0.25, 0.3) is 0 Å². The van der Waals surface area contributed by atoms with Crippen LogP contribution in [0.4, 0.5) is 5.69 Å². The largest absolute Gasteiger partial charge is 0.352 e. The molecule has 0 aromatic heterocycles. The van der Waals surface area contributed by atoms with Crippen LogP contribution in [-0.4, -0.2) is 51.3 Å². The fraction of sp³-hybridized carbons (Fsp3) is 0.375. The number of hydrogen-bond acceptors (Lipinski definition) is 6. The molecule has 3 aromatic rings. The molecule has 1 saturated carbocycles. The number of benzene rings is 3. The number of hydrazine groups is 1. The maximum atomic E-state index is 13.8. The molecule has 8 nitrogen and oxygen atoms in total. The van der Waals surface area contributed by atoms with E-state index in [1.54, 1.807) is 12.1 Å². The Morgan fingerprint density at radius 1 is 0.976 bits per heavy atom. The number of hydrogen-bond donors (Lipinski definition) is 2. The Hall–Kier alpha value is -3.53. The second kappa shape index (κ2) is 12.5. The maximum Gasteiger partial charge on any atom is 0.274 e. The van der Waals surface area contributed by atoms with E-state index in [0.717, 1.165) is 24.1 Å². The molecule has 1 aliphatic carbocycles. The van der Waals surface area contributed by atoms with E-state index in [1.807, 2.05) is 31.2 Å². The molecule has 216 valence electrons. The molecule has 5 rings (SSSR count). The van der Waals surface area contributed by atoms with E-state index in [9.17, 15) is 18.0 Å². The molecule has 1 aliphatic heterocycles. The highest BCUT2D eigenvalue weighted by molar-refractivity contribution is 7.91. The van der Waals surface area contributed by atoms with Crippen molar-refractivity contribution in [2.45, 2.75) is 67.8 Å². The van der Waals surface area contributed by atoms with Gasteiger partial charge >= 0.3 is 0 Å². The zero-order chi connectivity index (χ0) is 29.0. The predicted molar refractivity (Wildman–Crippen MR) is 160 cm³/mol. The molecule has 1 heterocycles. The quantitative estimate of drug-likeness (QED) is 0.354. The first-order chi connectivity index (χ1) is 19.8. The Labute approximate surface area is 242 Å². The zero-order valence-electron chi connectivity index (χ0n) is 23.7. The number of carbonyl (C=O) groups is 2. The smallest absolute Gasteiger partial charge is 0.274 e. The lowest BCUT2D eigenvalue weighted by molar-refractivity contribution is 0.0945. The summed E-state index contributed by atoms with van der Waals surface area (Å²) < 4.78 is 27.4. The molecule has 0 atom stereocenters. The van der Waals surface area contributed by atoms with Gasteiger partial charge in [-0.05, 0) is 75.7 Å². The van der Waals surface area contributed by atoms with E-state index in [0.29, 0.717) is 24.7 Å². The van der Waals surface area contributed by atoms with Crippen LogP contribution in [0.15, 0.2) is 76.5 Å². The number of fused-ring (bicyclic) bond motifs is 2. The molecule has 2 aliphatic rings. The summed E-state index contributed by atoms with van der Waals surface area (Å²) in [6.07, 6.45) is 7.17. The van der Waals surface area contributed by atoms with Gasteiger partial charge in [0.1, 0.15) is 0 Å². The summed E-state index contributed by atoms with van der Waals surface area (Å²) in [4.78, 5) is 29.2. The Balaban J connectivity index is 1.37. The van der Waals surface area contributed by atoms with Crippen molar-refractivity contribution < 1.29 is 18.0 Å². The minimum absolute atomic E-state index is 0.0294. The summed E-state index contributed by atoms with van der Waals surface area (Å²) in [7, 11) is -1.87. The second-order valence-corrected chi connectivity index (χ2v) is 12.9. The van der Waals surface area contributed by atoms with Gasteiger partial charge in [0.2, 0.25) is 9.84 Å². The minimum Gasteiger partial charge on any atom is -0.352 e. The molecule has 0 unspecified atom stereocenters. The molecule has 0 radical (unpaired) electrons. The summed E-state index contributed by atoms with van der Waals surface area (Å²) >= 11 is 0. The first-order valence-electron chi connectivity index (χ1n) is 14.4. The predicted octanol–water partition coefficient (Wildman–Crippen LogP) is 4.88. The molecule has 3 aromatic carbocycles. The van der Waals surface area contributed by atoms with Crippen LogP contribution in [-0.2, 0) is 16.4 Å². The van der Waals surface area contributed by atoms with Gasteiger partial charge in [-0.25, -0.2) is 18.9 Å². The second-order valence-electron chi connectivity index (χ2n) is 11.0. The lowest BCUT2D eigenvalue weighted by Gasteiger charge is -2.31. The van der Waals surface area contributed by atoms with Gasteiger partial charge in [0.05, 0.1) is 21.0 Å². The molecule has 0 saturated heterocycles. The van der Waals surface area contributed by atoms with Crippen LogP contribution < -0.4 is 15.8 Å². The number of aryl methyl sites for hydroxylation is 1. The Morgan fingerprint density at radius 2 is 1.76 bits per heavy atom. The number of nitrogens with one attached hydrogen (secondary N) is 2. The van der Waals surface area contributed by atoms with E-state index in [1.165, 1.54) is 67.4 Å². The highest BCUT2D eigenvalue weighted by atomic mass is 32.2. The third kappa shape index (κ3) is 6.37. The fourth-order valence-corrected chi connectivity index (χ4v) is 7.39. The molecule has 0 bridgehead atoms. The third-order valence-corrected chi connectivity index (χ3v) is 9.92. The molecule has 2 amide bonds. The number of amides is 2. The number of carbonyl (C=O) groups excluding carboxylic acids is 2. The molecule has 1 fully saturated rings. The van der Waals surface area contributed by atoms with Crippen LogP contribution in [0.2, 0.25) is 0 Å². The van der Waals surface area contributed by atoms with Gasteiger partial charge in [-0.1, -0.05) is 61.2 Å². The number of sulfone groups is 1. The fourth-order valence-electron chi connectivity index (χ4n) is 5.77. The number of rotatable bonds is 9. The SMILES string of the molecule is Cc1cccc(CNN2C(=O)c3ccccc3S(=O)(=O)c3ccc(C(=O)NCCCN(C)C4CCCCC4)cc32)c1. The van der Waals surface area contributed by atoms with Crippen molar-refractivity contribution in [2.24, 2.45) is 0 Å². The average molecular weight is 575 g/mol. The van der Waals surface area contributed by atoms with Gasteiger partial charge in [-0.3, -0.25) is 9.59 Å². The van der Waals surface area contributed by atoms with E-state index < -0.39 is 15.7 Å². The molecular formula is C32H38N4O4S. The van der Waals surface area contributed by atoms with Crippen molar-refractivity contribution in [1.82, 2.24) is 15.6 Å². The highest BCUT2D eigenvalue weighted by Crippen LogP contribution is 2.36. The summed E-state index contributed by atoms with van der Waals surface area (Å²) in [6.45, 7) is 3.68. The van der Waals surface area contributed by atoms with Crippen molar-refractivity contribution in [3.8, 4) is 0 Å². The lowest BCUT2D eigenvalue weighted by Crippen LogP contribution is -2.43. The average Bonchev–Trinajstić information content (AvgIpc) is 3.05. The first kappa shape index (κ1) is 29.0. The molecule has 41 heavy (non-hydrogen) atoms. The third-order valence-electron chi connectivity index (χ3n) is 8.06. The van der Waals surface area contributed by atoms with E-state index in [-0.39, 0.29) is 26.9 Å². The topological polar surface area (TPSA) is 98.8 Å². The summed E-state index contributed by atoms with van der Waals surface area (Å²) in [5.41, 5.74) is 5.64. The Morgan fingerprint density at radius 3 is 2.54 bits per heavy atom. The van der Waals surface area contributed by atoms with Crippen LogP contribution >= 0.6 is 0 Å². The van der Waals surface area contributed by atoms with E-state index >= 15 is 0 Å². The van der Waals surface area contributed by atoms with E-state index in [2.05, 4.69) is 22.7 Å². The van der Waals surface area contributed by atoms with Crippen LogP contribution in [0.5, 0.6) is 0 Å². The van der Waals surface area contributed by atoms with Crippen molar-refractivity contribution >= 4 is 27.3 Å². The van der Waals surface area contributed by atoms with Gasteiger partial charge in [-0.2, -0.15) is 0 Å². The monoisotopic (exact) mass is 574 g/mol. The number of anilines is 1. The molecular weight excluding hydrogens is 536 g/mol. The van der Waals surface area contributed by atoms with Gasteiger partial charge in [0.25, 0.3) is 11.8 Å². The van der Waals surface area contributed by atoms with Gasteiger partial charge < -0.3 is 10.2 Å². The normalized spacial score (nSPS) is 16.7. The Bertz CT molecular complexity index is 1530. The van der Waals surface area contributed by atoms with Crippen LogP contribution in [0.1, 0.15) is 70.4 Å². The standard InChI is InChI=1S/C32H38N4O4S/c1-23-10-8-11-24(20-23)22-34-36-28-21-25(31(37)33-18-9-19-35(2)26-12-4-3-5-13-26)16-17-30(28)41(39,40)29-15-7-6-14-27(29)32(36)38/h6-8,10-11,14-17,20-21,26,34H,3-5,9,12-13,18-19,22H2,1-2H3,(H,33,37).